The lowest BCUT2D eigenvalue weighted by molar-refractivity contribution is -0.139. The Morgan fingerprint density at radius 1 is 1.18 bits per heavy atom. The summed E-state index contributed by atoms with van der Waals surface area (Å²) < 4.78 is 20.2. The van der Waals surface area contributed by atoms with Gasteiger partial charge in [0.15, 0.2) is 4.80 Å². The standard InChI is InChI=1S/C30H26ClIN2O5S/c1-4-6-22-26(29(36)38-5-2)27(21-15-18(31)9-13-24(21)37-3)34-28(35)25(40-30(34)33-22)16-20-12-14-23(39-20)17-7-10-19(32)11-8-17/h7-16,27H,4-6H2,1-3H3/b25-16+/t27-/m1/s1. The maximum absolute atomic E-state index is 14.0. The summed E-state index contributed by atoms with van der Waals surface area (Å²) in [5.41, 5.74) is 2.11. The van der Waals surface area contributed by atoms with Crippen LogP contribution in [0.1, 0.15) is 44.1 Å². The molecule has 4 aromatic rings. The zero-order valence-electron chi connectivity index (χ0n) is 22.1. The van der Waals surface area contributed by atoms with Gasteiger partial charge in [-0.3, -0.25) is 9.36 Å². The number of benzene rings is 2. The van der Waals surface area contributed by atoms with Crippen LogP contribution in [0.5, 0.6) is 5.75 Å². The summed E-state index contributed by atoms with van der Waals surface area (Å²) in [5.74, 6) is 1.21. The highest BCUT2D eigenvalue weighted by atomic mass is 127. The number of methoxy groups -OCH3 is 1. The lowest BCUT2D eigenvalue weighted by Crippen LogP contribution is -2.40. The molecular formula is C30H26ClIN2O5S. The van der Waals surface area contributed by atoms with Crippen LogP contribution >= 0.6 is 45.5 Å². The quantitative estimate of drug-likeness (QED) is 0.165. The van der Waals surface area contributed by atoms with Gasteiger partial charge >= 0.3 is 5.97 Å². The number of esters is 1. The van der Waals surface area contributed by atoms with E-state index in [1.165, 1.54) is 15.9 Å². The van der Waals surface area contributed by atoms with Crippen molar-refractivity contribution < 1.29 is 18.7 Å². The second-order valence-electron chi connectivity index (χ2n) is 9.01. The minimum atomic E-state index is -0.827. The third kappa shape index (κ3) is 5.55. The number of ether oxygens (including phenoxy) is 2. The van der Waals surface area contributed by atoms with Crippen LogP contribution in [-0.4, -0.2) is 24.3 Å². The van der Waals surface area contributed by atoms with Crippen molar-refractivity contribution in [3.05, 3.63) is 105 Å². The van der Waals surface area contributed by atoms with E-state index in [-0.39, 0.29) is 12.2 Å². The lowest BCUT2D eigenvalue weighted by Gasteiger charge is -2.27. The highest BCUT2D eigenvalue weighted by Gasteiger charge is 2.36. The smallest absolute Gasteiger partial charge is 0.338 e. The number of fused-ring (bicyclic) bond motifs is 1. The van der Waals surface area contributed by atoms with Gasteiger partial charge in [0.25, 0.3) is 5.56 Å². The fourth-order valence-corrected chi connectivity index (χ4v) is 6.20. The highest BCUT2D eigenvalue weighted by molar-refractivity contribution is 14.1. The molecule has 10 heteroatoms. The van der Waals surface area contributed by atoms with Crippen LogP contribution in [-0.2, 0) is 9.53 Å². The fraction of sp³-hybridized carbons (Fsp3) is 0.233. The molecule has 1 aliphatic rings. The number of halogens is 2. The summed E-state index contributed by atoms with van der Waals surface area (Å²) in [5, 5.41) is 0.453. The van der Waals surface area contributed by atoms with E-state index >= 15 is 0 Å². The van der Waals surface area contributed by atoms with Gasteiger partial charge in [0.2, 0.25) is 0 Å². The van der Waals surface area contributed by atoms with E-state index in [9.17, 15) is 9.59 Å². The van der Waals surface area contributed by atoms with Gasteiger partial charge in [-0.15, -0.1) is 0 Å². The molecule has 2 aromatic heterocycles. The van der Waals surface area contributed by atoms with E-state index in [0.29, 0.717) is 54.9 Å². The van der Waals surface area contributed by atoms with E-state index in [2.05, 4.69) is 22.6 Å². The summed E-state index contributed by atoms with van der Waals surface area (Å²) in [7, 11) is 1.54. The van der Waals surface area contributed by atoms with Crippen molar-refractivity contribution >= 4 is 57.6 Å². The Kier molecular flexibility index (Phi) is 8.62. The van der Waals surface area contributed by atoms with Crippen LogP contribution in [0.4, 0.5) is 0 Å². The molecule has 0 amide bonds. The zero-order chi connectivity index (χ0) is 28.4. The largest absolute Gasteiger partial charge is 0.496 e. The minimum Gasteiger partial charge on any atom is -0.496 e. The van der Waals surface area contributed by atoms with E-state index in [1.807, 2.05) is 43.3 Å². The summed E-state index contributed by atoms with van der Waals surface area (Å²) in [6.07, 6.45) is 3.00. The predicted molar refractivity (Wildman–Crippen MR) is 164 cm³/mol. The van der Waals surface area contributed by atoms with Gasteiger partial charge in [0, 0.05) is 25.8 Å². The van der Waals surface area contributed by atoms with Crippen molar-refractivity contribution in [3.8, 4) is 17.1 Å². The third-order valence-corrected chi connectivity index (χ3v) is 8.34. The van der Waals surface area contributed by atoms with E-state index in [0.717, 1.165) is 15.6 Å². The maximum Gasteiger partial charge on any atom is 0.338 e. The summed E-state index contributed by atoms with van der Waals surface area (Å²) in [4.78, 5) is 32.6. The Hall–Kier alpha value is -3.15. The van der Waals surface area contributed by atoms with Gasteiger partial charge < -0.3 is 13.9 Å². The van der Waals surface area contributed by atoms with Crippen molar-refractivity contribution in [2.75, 3.05) is 13.7 Å². The van der Waals surface area contributed by atoms with Crippen LogP contribution in [0.2, 0.25) is 5.02 Å². The summed E-state index contributed by atoms with van der Waals surface area (Å²) in [6.45, 7) is 3.95. The Bertz CT molecular complexity index is 1790. The normalized spacial score (nSPS) is 15.1. The first-order valence-electron chi connectivity index (χ1n) is 12.8. The van der Waals surface area contributed by atoms with E-state index in [4.69, 9.17) is 30.5 Å². The van der Waals surface area contributed by atoms with Crippen LogP contribution < -0.4 is 19.6 Å². The molecule has 5 rings (SSSR count). The SMILES string of the molecule is CCCC1=C(C(=O)OCC)[C@@H](c2cc(Cl)ccc2OC)n2c(s/c(=C/c3ccc(-c4ccc(I)cc4)o3)c2=O)=N1. The number of furan rings is 1. The first-order valence-corrected chi connectivity index (χ1v) is 15.0. The van der Waals surface area contributed by atoms with Gasteiger partial charge in [0.1, 0.15) is 23.3 Å². The molecule has 1 aliphatic heterocycles. The molecule has 2 aromatic carbocycles. The van der Waals surface area contributed by atoms with Gasteiger partial charge in [-0.2, -0.15) is 0 Å². The van der Waals surface area contributed by atoms with Crippen molar-refractivity contribution in [1.82, 2.24) is 4.57 Å². The Morgan fingerprint density at radius 2 is 1.95 bits per heavy atom. The molecule has 0 bridgehead atoms. The number of carbonyl (C=O) groups excluding carboxylic acids is 1. The summed E-state index contributed by atoms with van der Waals surface area (Å²) >= 11 is 9.91. The van der Waals surface area contributed by atoms with Gasteiger partial charge in [0.05, 0.1) is 29.5 Å². The number of thiazole rings is 1. The Morgan fingerprint density at radius 3 is 2.65 bits per heavy atom. The molecule has 206 valence electrons. The average molecular weight is 689 g/mol. The number of carbonyl (C=O) groups is 1. The number of hydrogen-bond acceptors (Lipinski definition) is 7. The molecule has 0 saturated carbocycles. The third-order valence-electron chi connectivity index (χ3n) is 6.41. The number of nitrogens with zero attached hydrogens (tertiary/aromatic N) is 2. The molecule has 0 spiro atoms. The van der Waals surface area contributed by atoms with Crippen LogP contribution in [0.25, 0.3) is 17.4 Å². The van der Waals surface area contributed by atoms with Crippen molar-refractivity contribution in [2.24, 2.45) is 4.99 Å². The van der Waals surface area contributed by atoms with Gasteiger partial charge in [-0.1, -0.05) is 48.4 Å². The molecule has 0 radical (unpaired) electrons. The van der Waals surface area contributed by atoms with Crippen molar-refractivity contribution in [1.29, 1.82) is 0 Å². The number of allylic oxidation sites excluding steroid dienone is 1. The Balaban J connectivity index is 1.71. The van der Waals surface area contributed by atoms with Crippen molar-refractivity contribution in [3.63, 3.8) is 0 Å². The predicted octanol–water partition coefficient (Wildman–Crippen LogP) is 6.11. The first-order chi connectivity index (χ1) is 19.3. The Labute approximate surface area is 253 Å². The second-order valence-corrected chi connectivity index (χ2v) is 11.7. The van der Waals surface area contributed by atoms with Crippen LogP contribution in [0.15, 0.2) is 80.1 Å². The molecule has 3 heterocycles. The van der Waals surface area contributed by atoms with Crippen molar-refractivity contribution in [2.45, 2.75) is 32.7 Å². The molecule has 0 aliphatic carbocycles. The molecule has 7 nitrogen and oxygen atoms in total. The van der Waals surface area contributed by atoms with Crippen LogP contribution in [0.3, 0.4) is 0 Å². The molecule has 0 fully saturated rings. The first kappa shape index (κ1) is 28.4. The van der Waals surface area contributed by atoms with E-state index in [1.54, 1.807) is 38.3 Å². The molecule has 40 heavy (non-hydrogen) atoms. The summed E-state index contributed by atoms with van der Waals surface area (Å²) in [6, 6.07) is 16.0. The number of hydrogen-bond donors (Lipinski definition) is 0. The molecule has 0 unspecified atom stereocenters. The minimum absolute atomic E-state index is 0.187. The molecule has 1 atom stereocenters. The monoisotopic (exact) mass is 688 g/mol. The van der Waals surface area contributed by atoms with Gasteiger partial charge in [-0.25, -0.2) is 9.79 Å². The number of rotatable bonds is 8. The second kappa shape index (κ2) is 12.2. The molecule has 0 saturated heterocycles. The average Bonchev–Trinajstić information content (AvgIpc) is 3.53. The van der Waals surface area contributed by atoms with Crippen LogP contribution in [0, 0.1) is 3.57 Å². The lowest BCUT2D eigenvalue weighted by atomic mass is 9.93. The molecule has 0 N–H and O–H groups in total. The highest BCUT2D eigenvalue weighted by Crippen LogP contribution is 2.38. The topological polar surface area (TPSA) is 83.0 Å². The maximum atomic E-state index is 14.0. The zero-order valence-corrected chi connectivity index (χ0v) is 25.8. The van der Waals surface area contributed by atoms with E-state index < -0.39 is 12.0 Å². The number of aromatic nitrogens is 1. The fourth-order valence-electron chi connectivity index (χ4n) is 4.66. The van der Waals surface area contributed by atoms with Gasteiger partial charge in [-0.05, 0) is 78.4 Å². The molecular weight excluding hydrogens is 663 g/mol.